The third-order valence-electron chi connectivity index (χ3n) is 2.41. The summed E-state index contributed by atoms with van der Waals surface area (Å²) in [4.78, 5) is 0.289. The van der Waals surface area contributed by atoms with Gasteiger partial charge in [0.1, 0.15) is 5.75 Å². The standard InChI is InChI=1S/C12H18O3S/c1-12(2,3)10-7-6-9(16(5,13)14)8-11(10)15-4/h6-8H,1-5H3. The Hall–Kier alpha value is -1.03. The molecule has 0 saturated heterocycles. The minimum Gasteiger partial charge on any atom is -0.496 e. The van der Waals surface area contributed by atoms with Crippen LogP contribution in [0.1, 0.15) is 26.3 Å². The Morgan fingerprint density at radius 1 is 1.19 bits per heavy atom. The Morgan fingerprint density at radius 3 is 2.12 bits per heavy atom. The zero-order valence-electron chi connectivity index (χ0n) is 10.4. The SMILES string of the molecule is COc1cc(S(C)(=O)=O)ccc1C(C)(C)C. The molecule has 1 aromatic carbocycles. The van der Waals surface area contributed by atoms with E-state index in [2.05, 4.69) is 20.8 Å². The average molecular weight is 242 g/mol. The van der Waals surface area contributed by atoms with Crippen molar-refractivity contribution in [2.24, 2.45) is 0 Å². The van der Waals surface area contributed by atoms with Crippen molar-refractivity contribution < 1.29 is 13.2 Å². The van der Waals surface area contributed by atoms with Gasteiger partial charge < -0.3 is 4.74 Å². The Balaban J connectivity index is 3.40. The molecule has 0 bridgehead atoms. The largest absolute Gasteiger partial charge is 0.496 e. The Morgan fingerprint density at radius 2 is 1.75 bits per heavy atom. The van der Waals surface area contributed by atoms with Gasteiger partial charge in [-0.25, -0.2) is 8.42 Å². The molecular weight excluding hydrogens is 224 g/mol. The molecule has 4 heteroatoms. The number of methoxy groups -OCH3 is 1. The summed E-state index contributed by atoms with van der Waals surface area (Å²) in [6, 6.07) is 5.02. The average Bonchev–Trinajstić information content (AvgIpc) is 2.14. The maximum atomic E-state index is 11.4. The van der Waals surface area contributed by atoms with Crippen molar-refractivity contribution >= 4 is 9.84 Å². The fraction of sp³-hybridized carbons (Fsp3) is 0.500. The zero-order valence-corrected chi connectivity index (χ0v) is 11.2. The van der Waals surface area contributed by atoms with Crippen LogP contribution in [0.25, 0.3) is 0 Å². The molecular formula is C12H18O3S. The van der Waals surface area contributed by atoms with Crippen LogP contribution in [-0.2, 0) is 15.3 Å². The minimum absolute atomic E-state index is 0.0681. The van der Waals surface area contributed by atoms with Gasteiger partial charge in [0.15, 0.2) is 9.84 Å². The summed E-state index contributed by atoms with van der Waals surface area (Å²) in [5.74, 6) is 0.621. The van der Waals surface area contributed by atoms with Crippen molar-refractivity contribution in [2.45, 2.75) is 31.1 Å². The van der Waals surface area contributed by atoms with Gasteiger partial charge in [0, 0.05) is 6.26 Å². The molecule has 0 aliphatic rings. The van der Waals surface area contributed by atoms with Crippen LogP contribution in [0.4, 0.5) is 0 Å². The summed E-state index contributed by atoms with van der Waals surface area (Å²) in [6.07, 6.45) is 1.19. The molecule has 0 atom stereocenters. The Labute approximate surface area is 97.4 Å². The fourth-order valence-corrected chi connectivity index (χ4v) is 2.16. The molecule has 0 aromatic heterocycles. The van der Waals surface area contributed by atoms with Crippen LogP contribution in [0.3, 0.4) is 0 Å². The molecule has 3 nitrogen and oxygen atoms in total. The predicted molar refractivity (Wildman–Crippen MR) is 64.8 cm³/mol. The number of sulfone groups is 1. The van der Waals surface area contributed by atoms with Gasteiger partial charge in [0.05, 0.1) is 12.0 Å². The van der Waals surface area contributed by atoms with E-state index < -0.39 is 9.84 Å². The summed E-state index contributed by atoms with van der Waals surface area (Å²) in [5.41, 5.74) is 0.934. The topological polar surface area (TPSA) is 43.4 Å². The van der Waals surface area contributed by atoms with Gasteiger partial charge in [-0.05, 0) is 23.1 Å². The highest BCUT2D eigenvalue weighted by Crippen LogP contribution is 2.32. The number of hydrogen-bond donors (Lipinski definition) is 0. The monoisotopic (exact) mass is 242 g/mol. The van der Waals surface area contributed by atoms with Gasteiger partial charge in [-0.3, -0.25) is 0 Å². The molecule has 0 spiro atoms. The summed E-state index contributed by atoms with van der Waals surface area (Å²) < 4.78 is 28.1. The molecule has 1 rings (SSSR count). The molecule has 0 N–H and O–H groups in total. The van der Waals surface area contributed by atoms with Crippen LogP contribution >= 0.6 is 0 Å². The second-order valence-corrected chi connectivity index (χ2v) is 6.90. The second-order valence-electron chi connectivity index (χ2n) is 4.88. The lowest BCUT2D eigenvalue weighted by atomic mass is 9.86. The quantitative estimate of drug-likeness (QED) is 0.799. The molecule has 0 radical (unpaired) electrons. The molecule has 0 fully saturated rings. The van der Waals surface area contributed by atoms with Crippen LogP contribution < -0.4 is 4.74 Å². The molecule has 0 aliphatic carbocycles. The van der Waals surface area contributed by atoms with E-state index in [9.17, 15) is 8.42 Å². The van der Waals surface area contributed by atoms with Crippen molar-refractivity contribution in [1.82, 2.24) is 0 Å². The highest BCUT2D eigenvalue weighted by molar-refractivity contribution is 7.90. The first-order chi connectivity index (χ1) is 7.16. The maximum absolute atomic E-state index is 11.4. The summed E-state index contributed by atoms with van der Waals surface area (Å²) in [6.45, 7) is 6.18. The third kappa shape index (κ3) is 2.76. The van der Waals surface area contributed by atoms with Crippen LogP contribution in [0.2, 0.25) is 0 Å². The lowest BCUT2D eigenvalue weighted by molar-refractivity contribution is 0.396. The van der Waals surface area contributed by atoms with Crippen molar-refractivity contribution in [1.29, 1.82) is 0 Å². The molecule has 1 aromatic rings. The van der Waals surface area contributed by atoms with Crippen LogP contribution in [0.5, 0.6) is 5.75 Å². The first-order valence-corrected chi connectivity index (χ1v) is 6.94. The molecule has 0 saturated carbocycles. The van der Waals surface area contributed by atoms with E-state index in [0.29, 0.717) is 5.75 Å². The molecule has 0 amide bonds. The van der Waals surface area contributed by atoms with Crippen molar-refractivity contribution in [3.05, 3.63) is 23.8 Å². The van der Waals surface area contributed by atoms with E-state index in [1.807, 2.05) is 6.07 Å². The van der Waals surface area contributed by atoms with Gasteiger partial charge in [-0.2, -0.15) is 0 Å². The fourth-order valence-electron chi connectivity index (χ4n) is 1.52. The van der Waals surface area contributed by atoms with E-state index >= 15 is 0 Å². The van der Waals surface area contributed by atoms with Gasteiger partial charge in [0.25, 0.3) is 0 Å². The van der Waals surface area contributed by atoms with Crippen molar-refractivity contribution in [3.63, 3.8) is 0 Å². The smallest absolute Gasteiger partial charge is 0.175 e. The molecule has 0 heterocycles. The number of ether oxygens (including phenoxy) is 1. The highest BCUT2D eigenvalue weighted by atomic mass is 32.2. The van der Waals surface area contributed by atoms with E-state index in [-0.39, 0.29) is 10.3 Å². The zero-order chi connectivity index (χ0) is 12.6. The molecule has 0 aliphatic heterocycles. The summed E-state index contributed by atoms with van der Waals surface area (Å²) in [7, 11) is -1.63. The van der Waals surface area contributed by atoms with E-state index in [1.165, 1.54) is 6.26 Å². The first kappa shape index (κ1) is 13.0. The minimum atomic E-state index is -3.18. The second kappa shape index (κ2) is 4.09. The maximum Gasteiger partial charge on any atom is 0.175 e. The lowest BCUT2D eigenvalue weighted by Gasteiger charge is -2.22. The molecule has 0 unspecified atom stereocenters. The molecule has 90 valence electrons. The van der Waals surface area contributed by atoms with E-state index in [1.54, 1.807) is 19.2 Å². The molecule has 16 heavy (non-hydrogen) atoms. The predicted octanol–water partition coefficient (Wildman–Crippen LogP) is 2.40. The van der Waals surface area contributed by atoms with Gasteiger partial charge in [-0.1, -0.05) is 26.8 Å². The lowest BCUT2D eigenvalue weighted by Crippen LogP contribution is -2.13. The van der Waals surface area contributed by atoms with Gasteiger partial charge in [-0.15, -0.1) is 0 Å². The Kier molecular flexibility index (Phi) is 3.33. The number of rotatable bonds is 2. The third-order valence-corrected chi connectivity index (χ3v) is 3.52. The highest BCUT2D eigenvalue weighted by Gasteiger charge is 2.20. The van der Waals surface area contributed by atoms with Crippen LogP contribution in [-0.4, -0.2) is 21.8 Å². The summed E-state index contributed by atoms with van der Waals surface area (Å²) >= 11 is 0. The van der Waals surface area contributed by atoms with Crippen LogP contribution in [0.15, 0.2) is 23.1 Å². The van der Waals surface area contributed by atoms with E-state index in [0.717, 1.165) is 5.56 Å². The van der Waals surface area contributed by atoms with E-state index in [4.69, 9.17) is 4.74 Å². The Bertz CT molecular complexity index is 481. The van der Waals surface area contributed by atoms with Gasteiger partial charge in [0.2, 0.25) is 0 Å². The summed E-state index contributed by atoms with van der Waals surface area (Å²) in [5, 5.41) is 0. The van der Waals surface area contributed by atoms with Crippen molar-refractivity contribution in [3.8, 4) is 5.75 Å². The number of benzene rings is 1. The normalized spacial score (nSPS) is 12.6. The van der Waals surface area contributed by atoms with Crippen LogP contribution in [0, 0.1) is 0 Å². The van der Waals surface area contributed by atoms with Crippen molar-refractivity contribution in [2.75, 3.05) is 13.4 Å². The first-order valence-electron chi connectivity index (χ1n) is 5.05. The number of hydrogen-bond acceptors (Lipinski definition) is 3. The van der Waals surface area contributed by atoms with Gasteiger partial charge >= 0.3 is 0 Å².